The maximum atomic E-state index is 5.67. The van der Waals surface area contributed by atoms with Crippen molar-refractivity contribution in [2.75, 3.05) is 6.61 Å². The molecular weight excluding hydrogens is 304 g/mol. The zero-order chi connectivity index (χ0) is 17.7. The molecule has 1 heteroatoms. The van der Waals surface area contributed by atoms with Gasteiger partial charge in [-0.05, 0) is 79.9 Å². The molecule has 0 unspecified atom stereocenters. The van der Waals surface area contributed by atoms with E-state index >= 15 is 0 Å². The van der Waals surface area contributed by atoms with E-state index in [0.29, 0.717) is 0 Å². The summed E-state index contributed by atoms with van der Waals surface area (Å²) in [6, 6.07) is 8.19. The van der Waals surface area contributed by atoms with Gasteiger partial charge in [0.15, 0.2) is 0 Å². The van der Waals surface area contributed by atoms with Gasteiger partial charge < -0.3 is 4.74 Å². The van der Waals surface area contributed by atoms with Crippen LogP contribution < -0.4 is 4.74 Å². The van der Waals surface area contributed by atoms with E-state index in [2.05, 4.69) is 43.9 Å². The second-order valence-corrected chi connectivity index (χ2v) is 6.94. The number of hydrogen-bond donors (Lipinski definition) is 0. The van der Waals surface area contributed by atoms with E-state index in [1.807, 2.05) is 30.4 Å². The molecule has 1 fully saturated rings. The fraction of sp³-hybridized carbons (Fsp3) is 0.500. The summed E-state index contributed by atoms with van der Waals surface area (Å²) in [7, 11) is 0. The SMILES string of the molecule is CCCCOc1ccc(C=CC#CC=CC2CCC(CC)CC2)cc1. The van der Waals surface area contributed by atoms with Gasteiger partial charge in [-0.1, -0.05) is 56.7 Å². The van der Waals surface area contributed by atoms with Crippen LogP contribution in [0.2, 0.25) is 0 Å². The first-order valence-corrected chi connectivity index (χ1v) is 9.89. The van der Waals surface area contributed by atoms with Crippen molar-refractivity contribution in [2.24, 2.45) is 11.8 Å². The topological polar surface area (TPSA) is 9.23 Å². The van der Waals surface area contributed by atoms with Gasteiger partial charge in [0, 0.05) is 0 Å². The van der Waals surface area contributed by atoms with E-state index < -0.39 is 0 Å². The van der Waals surface area contributed by atoms with Gasteiger partial charge in [0.05, 0.1) is 6.61 Å². The Hall–Kier alpha value is -1.94. The van der Waals surface area contributed by atoms with Crippen LogP contribution in [0, 0.1) is 23.7 Å². The smallest absolute Gasteiger partial charge is 0.119 e. The van der Waals surface area contributed by atoms with Gasteiger partial charge in [-0.15, -0.1) is 0 Å². The summed E-state index contributed by atoms with van der Waals surface area (Å²) in [5.74, 6) is 8.87. The molecule has 0 bridgehead atoms. The molecule has 0 radical (unpaired) electrons. The third-order valence-corrected chi connectivity index (χ3v) is 5.01. The molecule has 0 spiro atoms. The number of benzene rings is 1. The Morgan fingerprint density at radius 3 is 2.40 bits per heavy atom. The van der Waals surface area contributed by atoms with Crippen LogP contribution in [0.5, 0.6) is 5.75 Å². The zero-order valence-electron chi connectivity index (χ0n) is 15.8. The van der Waals surface area contributed by atoms with Crippen LogP contribution in [0.1, 0.15) is 64.4 Å². The average Bonchev–Trinajstić information content (AvgIpc) is 2.66. The molecule has 25 heavy (non-hydrogen) atoms. The Morgan fingerprint density at radius 2 is 1.72 bits per heavy atom. The molecule has 1 saturated carbocycles. The lowest BCUT2D eigenvalue weighted by Crippen LogP contribution is -2.11. The van der Waals surface area contributed by atoms with Gasteiger partial charge in [0.25, 0.3) is 0 Å². The van der Waals surface area contributed by atoms with Gasteiger partial charge >= 0.3 is 0 Å². The molecule has 0 atom stereocenters. The summed E-state index contributed by atoms with van der Waals surface area (Å²) < 4.78 is 5.67. The highest BCUT2D eigenvalue weighted by atomic mass is 16.5. The van der Waals surface area contributed by atoms with Gasteiger partial charge in [0.2, 0.25) is 0 Å². The van der Waals surface area contributed by atoms with Gasteiger partial charge in [-0.2, -0.15) is 0 Å². The van der Waals surface area contributed by atoms with Crippen LogP contribution in [0.4, 0.5) is 0 Å². The summed E-state index contributed by atoms with van der Waals surface area (Å²) in [5, 5.41) is 0. The third kappa shape index (κ3) is 7.65. The molecule has 2 rings (SSSR count). The fourth-order valence-electron chi connectivity index (χ4n) is 3.22. The molecule has 0 saturated heterocycles. The number of ether oxygens (including phenoxy) is 1. The highest BCUT2D eigenvalue weighted by molar-refractivity contribution is 5.54. The predicted octanol–water partition coefficient (Wildman–Crippen LogP) is 6.65. The van der Waals surface area contributed by atoms with Crippen LogP contribution in [0.25, 0.3) is 6.08 Å². The highest BCUT2D eigenvalue weighted by Crippen LogP contribution is 2.31. The Kier molecular flexibility index (Phi) is 8.98. The molecule has 134 valence electrons. The molecule has 0 aromatic heterocycles. The van der Waals surface area contributed by atoms with Crippen LogP contribution in [-0.4, -0.2) is 6.61 Å². The zero-order valence-corrected chi connectivity index (χ0v) is 15.8. The van der Waals surface area contributed by atoms with Gasteiger partial charge in [-0.3, -0.25) is 0 Å². The number of rotatable bonds is 7. The Morgan fingerprint density at radius 1 is 1.00 bits per heavy atom. The monoisotopic (exact) mass is 336 g/mol. The van der Waals surface area contributed by atoms with Crippen molar-refractivity contribution in [2.45, 2.75) is 58.8 Å². The molecule has 0 aliphatic heterocycles. The summed E-state index contributed by atoms with van der Waals surface area (Å²) in [6.07, 6.45) is 17.3. The number of hydrogen-bond acceptors (Lipinski definition) is 1. The largest absolute Gasteiger partial charge is 0.494 e. The standard InChI is InChI=1S/C24H32O/c1-3-5-20-25-24-18-16-23(17-19-24)11-9-7-6-8-10-22-14-12-21(4-2)13-15-22/h8-11,16-19,21-22H,3-5,12-15,20H2,1-2H3. The van der Waals surface area contributed by atoms with Crippen molar-refractivity contribution in [1.82, 2.24) is 0 Å². The van der Waals surface area contributed by atoms with E-state index in [1.165, 1.54) is 32.1 Å². The molecular formula is C24H32O. The number of allylic oxidation sites excluding steroid dienone is 3. The molecule has 1 nitrogen and oxygen atoms in total. The van der Waals surface area contributed by atoms with Crippen molar-refractivity contribution >= 4 is 6.08 Å². The van der Waals surface area contributed by atoms with Crippen molar-refractivity contribution in [3.63, 3.8) is 0 Å². The van der Waals surface area contributed by atoms with Crippen molar-refractivity contribution in [3.8, 4) is 17.6 Å². The lowest BCUT2D eigenvalue weighted by atomic mass is 9.81. The Bertz CT molecular complexity index is 589. The van der Waals surface area contributed by atoms with Crippen LogP contribution in [0.3, 0.4) is 0 Å². The molecule has 0 heterocycles. The number of unbranched alkanes of at least 4 members (excludes halogenated alkanes) is 1. The molecule has 1 aliphatic rings. The molecule has 0 N–H and O–H groups in total. The Balaban J connectivity index is 1.72. The van der Waals surface area contributed by atoms with E-state index in [1.54, 1.807) is 0 Å². The van der Waals surface area contributed by atoms with E-state index in [9.17, 15) is 0 Å². The van der Waals surface area contributed by atoms with E-state index in [-0.39, 0.29) is 0 Å². The fourth-order valence-corrected chi connectivity index (χ4v) is 3.22. The normalized spacial score (nSPS) is 20.6. The van der Waals surface area contributed by atoms with Crippen molar-refractivity contribution in [1.29, 1.82) is 0 Å². The highest BCUT2D eigenvalue weighted by Gasteiger charge is 2.17. The van der Waals surface area contributed by atoms with Gasteiger partial charge in [-0.25, -0.2) is 0 Å². The maximum Gasteiger partial charge on any atom is 0.119 e. The first-order valence-electron chi connectivity index (χ1n) is 9.89. The van der Waals surface area contributed by atoms with Gasteiger partial charge in [0.1, 0.15) is 5.75 Å². The summed E-state index contributed by atoms with van der Waals surface area (Å²) in [6.45, 7) is 5.28. The minimum absolute atomic E-state index is 0.737. The van der Waals surface area contributed by atoms with E-state index in [4.69, 9.17) is 4.74 Å². The summed E-state index contributed by atoms with van der Waals surface area (Å²) in [5.41, 5.74) is 1.15. The molecule has 1 aromatic rings. The quantitative estimate of drug-likeness (QED) is 0.400. The predicted molar refractivity (Wildman–Crippen MR) is 109 cm³/mol. The summed E-state index contributed by atoms with van der Waals surface area (Å²) >= 11 is 0. The van der Waals surface area contributed by atoms with Crippen LogP contribution in [-0.2, 0) is 0 Å². The first-order chi connectivity index (χ1) is 12.3. The second kappa shape index (κ2) is 11.6. The van der Waals surface area contributed by atoms with Crippen LogP contribution >= 0.6 is 0 Å². The lowest BCUT2D eigenvalue weighted by Gasteiger charge is -2.25. The second-order valence-electron chi connectivity index (χ2n) is 6.94. The third-order valence-electron chi connectivity index (χ3n) is 5.01. The molecule has 1 aromatic carbocycles. The Labute approximate surface area is 154 Å². The van der Waals surface area contributed by atoms with Crippen molar-refractivity contribution < 1.29 is 4.74 Å². The first kappa shape index (κ1) is 19.4. The average molecular weight is 337 g/mol. The molecule has 0 amide bonds. The summed E-state index contributed by atoms with van der Waals surface area (Å²) in [4.78, 5) is 0. The minimum Gasteiger partial charge on any atom is -0.494 e. The van der Waals surface area contributed by atoms with E-state index in [0.717, 1.165) is 42.6 Å². The maximum absolute atomic E-state index is 5.67. The minimum atomic E-state index is 0.737. The van der Waals surface area contributed by atoms with Crippen molar-refractivity contribution in [3.05, 3.63) is 48.1 Å². The molecule has 1 aliphatic carbocycles. The van der Waals surface area contributed by atoms with Crippen LogP contribution in [0.15, 0.2) is 42.5 Å². The lowest BCUT2D eigenvalue weighted by molar-refractivity contribution is 0.304.